The summed E-state index contributed by atoms with van der Waals surface area (Å²) in [7, 11) is 1.49. The Morgan fingerprint density at radius 2 is 1.74 bits per heavy atom. The summed E-state index contributed by atoms with van der Waals surface area (Å²) in [6.07, 6.45) is 1.39. The molecule has 0 saturated carbocycles. The number of hydrogen-bond donors (Lipinski definition) is 2. The predicted molar refractivity (Wildman–Crippen MR) is 134 cm³/mol. The molecule has 0 unspecified atom stereocenters. The number of methoxy groups -OCH3 is 1. The second-order valence-corrected chi connectivity index (χ2v) is 7.93. The number of halogens is 1. The highest BCUT2D eigenvalue weighted by Gasteiger charge is 2.21. The minimum atomic E-state index is -0.877. The summed E-state index contributed by atoms with van der Waals surface area (Å²) in [4.78, 5) is 47.4. The van der Waals surface area contributed by atoms with Gasteiger partial charge in [-0.25, -0.2) is 13.9 Å². The van der Waals surface area contributed by atoms with Gasteiger partial charge in [-0.05, 0) is 48.5 Å². The van der Waals surface area contributed by atoms with Gasteiger partial charge in [-0.3, -0.25) is 30.6 Å². The fourth-order valence-electron chi connectivity index (χ4n) is 3.41. The zero-order valence-corrected chi connectivity index (χ0v) is 20.3. The van der Waals surface area contributed by atoms with E-state index < -0.39 is 35.1 Å². The molecule has 1 heterocycles. The maximum Gasteiger partial charge on any atom is 0.342 e. The van der Waals surface area contributed by atoms with Crippen LogP contribution in [-0.4, -0.2) is 46.2 Å². The highest BCUT2D eigenvalue weighted by Crippen LogP contribution is 2.27. The number of nitrogens with one attached hydrogen (secondary N) is 2. The van der Waals surface area contributed by atoms with Gasteiger partial charge in [0, 0.05) is 29.5 Å². The molecular formula is C26H20FN5O7. The maximum atomic E-state index is 13.4. The van der Waals surface area contributed by atoms with Crippen molar-refractivity contribution in [3.05, 3.63) is 106 Å². The molecule has 4 aromatic rings. The highest BCUT2D eigenvalue weighted by molar-refractivity contribution is 5.98. The average Bonchev–Trinajstić information content (AvgIpc) is 3.41. The molecule has 0 saturated heterocycles. The van der Waals surface area contributed by atoms with E-state index in [-0.39, 0.29) is 22.5 Å². The summed E-state index contributed by atoms with van der Waals surface area (Å²) in [5.74, 6) is -2.37. The van der Waals surface area contributed by atoms with Crippen LogP contribution < -0.4 is 15.6 Å². The van der Waals surface area contributed by atoms with Crippen molar-refractivity contribution >= 4 is 23.5 Å². The van der Waals surface area contributed by atoms with Gasteiger partial charge < -0.3 is 9.47 Å². The number of nitro benzene ring substituents is 1. The average molecular weight is 533 g/mol. The van der Waals surface area contributed by atoms with Crippen LogP contribution in [-0.2, 0) is 9.53 Å². The number of rotatable bonds is 8. The molecule has 4 rings (SSSR count). The smallest absolute Gasteiger partial charge is 0.342 e. The summed E-state index contributed by atoms with van der Waals surface area (Å²) >= 11 is 0. The second-order valence-electron chi connectivity index (χ2n) is 7.93. The van der Waals surface area contributed by atoms with Gasteiger partial charge in [-0.2, -0.15) is 5.10 Å². The van der Waals surface area contributed by atoms with Crippen molar-refractivity contribution in [1.82, 2.24) is 20.6 Å². The number of hydrogen-bond acceptors (Lipinski definition) is 8. The molecule has 0 aliphatic carbocycles. The number of carbonyl (C=O) groups excluding carboxylic acids is 3. The van der Waals surface area contributed by atoms with Crippen molar-refractivity contribution in [2.24, 2.45) is 0 Å². The van der Waals surface area contributed by atoms with Gasteiger partial charge in [0.2, 0.25) is 0 Å². The van der Waals surface area contributed by atoms with Crippen LogP contribution in [0.1, 0.15) is 20.7 Å². The molecule has 13 heteroatoms. The van der Waals surface area contributed by atoms with E-state index in [1.54, 1.807) is 24.3 Å². The third kappa shape index (κ3) is 6.40. The molecular weight excluding hydrogens is 513 g/mol. The lowest BCUT2D eigenvalue weighted by Crippen LogP contribution is -2.43. The molecule has 0 bridgehead atoms. The molecule has 0 spiro atoms. The Kier molecular flexibility index (Phi) is 7.90. The van der Waals surface area contributed by atoms with E-state index in [1.165, 1.54) is 54.4 Å². The molecule has 1 aromatic heterocycles. The van der Waals surface area contributed by atoms with Crippen LogP contribution in [0.4, 0.5) is 10.1 Å². The molecule has 0 radical (unpaired) electrons. The van der Waals surface area contributed by atoms with Crippen molar-refractivity contribution in [2.45, 2.75) is 0 Å². The Bertz CT molecular complexity index is 1540. The Labute approximate surface area is 220 Å². The van der Waals surface area contributed by atoms with Crippen LogP contribution in [0, 0.1) is 15.9 Å². The van der Waals surface area contributed by atoms with Gasteiger partial charge in [0.15, 0.2) is 6.61 Å². The Hall–Kier alpha value is -5.59. The lowest BCUT2D eigenvalue weighted by atomic mass is 10.1. The number of carbonyl (C=O) groups is 3. The molecule has 0 aliphatic rings. The number of ether oxygens (including phenoxy) is 2. The van der Waals surface area contributed by atoms with Crippen molar-refractivity contribution in [3.8, 4) is 22.7 Å². The predicted octanol–water partition coefficient (Wildman–Crippen LogP) is 3.21. The number of aromatic nitrogens is 2. The van der Waals surface area contributed by atoms with Crippen molar-refractivity contribution in [2.75, 3.05) is 13.7 Å². The largest absolute Gasteiger partial charge is 0.497 e. The number of nitro groups is 1. The molecule has 3 aromatic carbocycles. The molecule has 39 heavy (non-hydrogen) atoms. The summed E-state index contributed by atoms with van der Waals surface area (Å²) in [5, 5.41) is 15.2. The van der Waals surface area contributed by atoms with Crippen molar-refractivity contribution in [1.29, 1.82) is 0 Å². The molecule has 198 valence electrons. The first-order valence-electron chi connectivity index (χ1n) is 11.3. The van der Waals surface area contributed by atoms with Crippen LogP contribution in [0.25, 0.3) is 16.9 Å². The molecule has 0 fully saturated rings. The van der Waals surface area contributed by atoms with Gasteiger partial charge in [-0.15, -0.1) is 0 Å². The number of esters is 1. The Morgan fingerprint density at radius 3 is 2.41 bits per heavy atom. The summed E-state index contributed by atoms with van der Waals surface area (Å²) in [6.45, 7) is -0.737. The standard InChI is InChI=1S/C26H20FN5O7/c1-38-21-4-2-3-17(13-21)24-22(14-31(30-24)19-11-7-18(27)8-12-19)26(35)39-15-23(33)28-29-25(34)16-5-9-20(10-6-16)32(36)37/h2-14H,15H2,1H3,(H,28,33)(H,29,34). The fourth-order valence-corrected chi connectivity index (χ4v) is 3.41. The van der Waals surface area contributed by atoms with E-state index in [2.05, 4.69) is 16.0 Å². The summed E-state index contributed by atoms with van der Waals surface area (Å²) in [5.41, 5.74) is 5.36. The lowest BCUT2D eigenvalue weighted by Gasteiger charge is -2.08. The number of non-ortho nitro benzene ring substituents is 1. The van der Waals surface area contributed by atoms with Gasteiger partial charge >= 0.3 is 5.97 Å². The SMILES string of the molecule is COc1cccc(-c2nn(-c3ccc(F)cc3)cc2C(=O)OCC(=O)NNC(=O)c2ccc([N+](=O)[O-])cc2)c1. The summed E-state index contributed by atoms with van der Waals surface area (Å²) in [6, 6.07) is 17.0. The van der Waals surface area contributed by atoms with Crippen molar-refractivity contribution in [3.63, 3.8) is 0 Å². The fraction of sp³-hybridized carbons (Fsp3) is 0.0769. The van der Waals surface area contributed by atoms with Crippen molar-refractivity contribution < 1.29 is 33.2 Å². The van der Waals surface area contributed by atoms with E-state index in [4.69, 9.17) is 9.47 Å². The Morgan fingerprint density at radius 1 is 1.03 bits per heavy atom. The summed E-state index contributed by atoms with van der Waals surface area (Å²) < 4.78 is 25.1. The highest BCUT2D eigenvalue weighted by atomic mass is 19.1. The van der Waals surface area contributed by atoms with Crippen LogP contribution >= 0.6 is 0 Å². The minimum absolute atomic E-state index is 0.0234. The van der Waals surface area contributed by atoms with Crippen LogP contribution in [0.5, 0.6) is 5.75 Å². The first-order chi connectivity index (χ1) is 18.7. The second kappa shape index (κ2) is 11.6. The molecule has 0 aliphatic heterocycles. The molecule has 2 amide bonds. The topological polar surface area (TPSA) is 155 Å². The Balaban J connectivity index is 1.45. The number of nitrogens with zero attached hydrogens (tertiary/aromatic N) is 3. The number of hydrazine groups is 1. The first-order valence-corrected chi connectivity index (χ1v) is 11.3. The van der Waals surface area contributed by atoms with Gasteiger partial charge in [-0.1, -0.05) is 12.1 Å². The number of amides is 2. The van der Waals surface area contributed by atoms with E-state index in [9.17, 15) is 28.9 Å². The third-order valence-corrected chi connectivity index (χ3v) is 5.36. The quantitative estimate of drug-likeness (QED) is 0.199. The minimum Gasteiger partial charge on any atom is -0.497 e. The maximum absolute atomic E-state index is 13.4. The number of benzene rings is 3. The van der Waals surface area contributed by atoms with E-state index in [0.717, 1.165) is 12.1 Å². The third-order valence-electron chi connectivity index (χ3n) is 5.36. The first kappa shape index (κ1) is 26.5. The molecule has 0 atom stereocenters. The lowest BCUT2D eigenvalue weighted by molar-refractivity contribution is -0.384. The van der Waals surface area contributed by atoms with E-state index in [1.807, 2.05) is 0 Å². The van der Waals surface area contributed by atoms with Crippen LogP contribution in [0.2, 0.25) is 0 Å². The van der Waals surface area contributed by atoms with Gasteiger partial charge in [0.25, 0.3) is 17.5 Å². The monoisotopic (exact) mass is 533 g/mol. The van der Waals surface area contributed by atoms with Gasteiger partial charge in [0.05, 0.1) is 17.7 Å². The molecule has 12 nitrogen and oxygen atoms in total. The van der Waals surface area contributed by atoms with E-state index >= 15 is 0 Å². The van der Waals surface area contributed by atoms with Crippen LogP contribution in [0.3, 0.4) is 0 Å². The zero-order chi connectivity index (χ0) is 27.9. The van der Waals surface area contributed by atoms with Gasteiger partial charge in [0.1, 0.15) is 22.8 Å². The van der Waals surface area contributed by atoms with Crippen LogP contribution in [0.15, 0.2) is 79.0 Å². The van der Waals surface area contributed by atoms with E-state index in [0.29, 0.717) is 17.0 Å². The zero-order valence-electron chi connectivity index (χ0n) is 20.3. The molecule has 2 N–H and O–H groups in total. The normalized spacial score (nSPS) is 10.4.